The molecule has 0 spiro atoms. The number of carbonyl (C=O) groups excluding carboxylic acids is 1. The largest absolute Gasteiger partial charge is 0.488 e. The van der Waals surface area contributed by atoms with Crippen LogP contribution in [0.4, 0.5) is 0 Å². The molecule has 1 N–H and O–H groups in total. The smallest absolute Gasteiger partial charge is 0.261 e. The van der Waals surface area contributed by atoms with Crippen LogP contribution in [-0.4, -0.2) is 50.8 Å². The number of rotatable bonds is 5. The molecule has 0 atom stereocenters. The first kappa shape index (κ1) is 20.6. The molecule has 1 amide bonds. The molecule has 30 heavy (non-hydrogen) atoms. The van der Waals surface area contributed by atoms with Gasteiger partial charge in [0.2, 0.25) is 0 Å². The Labute approximate surface area is 179 Å². The summed E-state index contributed by atoms with van der Waals surface area (Å²) in [6.07, 6.45) is 9.82. The van der Waals surface area contributed by atoms with Crippen molar-refractivity contribution < 1.29 is 14.6 Å². The van der Waals surface area contributed by atoms with E-state index >= 15 is 0 Å². The fourth-order valence-corrected chi connectivity index (χ4v) is 4.00. The normalized spacial score (nSPS) is 18.3. The summed E-state index contributed by atoms with van der Waals surface area (Å²) in [5.41, 5.74) is -0.758. The number of piperidine rings is 1. The van der Waals surface area contributed by atoms with E-state index in [9.17, 15) is 14.7 Å². The Balaban J connectivity index is 1.36. The number of benzene rings is 1. The molecule has 7 nitrogen and oxygen atoms in total. The van der Waals surface area contributed by atoms with Crippen LogP contribution in [0, 0.1) is 0 Å². The van der Waals surface area contributed by atoms with Crippen molar-refractivity contribution >= 4 is 28.4 Å². The predicted molar refractivity (Wildman–Crippen MR) is 114 cm³/mol. The Kier molecular flexibility index (Phi) is 5.92. The first-order valence-electron chi connectivity index (χ1n) is 10.1. The topological polar surface area (TPSA) is 84.7 Å². The van der Waals surface area contributed by atoms with Gasteiger partial charge in [-0.2, -0.15) is 0 Å². The third-order valence-electron chi connectivity index (χ3n) is 5.66. The average molecular weight is 430 g/mol. The standard InChI is InChI=1S/C22H24ClN3O4/c23-16-6-7-18-19(12-16)24-15-26(21(18)28)14-22(29)8-10-25(11-9-22)20(27)13-30-17-4-2-1-3-5-17/h1-2,4,6-7,12,15,29H,3,5,8-11,13-14H2. The van der Waals surface area contributed by atoms with Crippen LogP contribution < -0.4 is 5.56 Å². The number of carbonyl (C=O) groups is 1. The van der Waals surface area contributed by atoms with Gasteiger partial charge in [0, 0.05) is 24.5 Å². The lowest BCUT2D eigenvalue weighted by molar-refractivity contribution is -0.139. The highest BCUT2D eigenvalue weighted by Gasteiger charge is 2.34. The second kappa shape index (κ2) is 8.62. The molecule has 2 aliphatic rings. The van der Waals surface area contributed by atoms with Crippen molar-refractivity contribution in [1.82, 2.24) is 14.5 Å². The van der Waals surface area contributed by atoms with Crippen LogP contribution in [0.25, 0.3) is 10.9 Å². The van der Waals surface area contributed by atoms with E-state index in [-0.39, 0.29) is 24.6 Å². The first-order valence-corrected chi connectivity index (χ1v) is 10.4. The van der Waals surface area contributed by atoms with Crippen LogP contribution in [-0.2, 0) is 16.1 Å². The van der Waals surface area contributed by atoms with Crippen molar-refractivity contribution in [2.45, 2.75) is 37.8 Å². The molecule has 0 radical (unpaired) electrons. The van der Waals surface area contributed by atoms with Gasteiger partial charge in [-0.25, -0.2) is 4.98 Å². The second-order valence-corrected chi connectivity index (χ2v) is 8.27. The third-order valence-corrected chi connectivity index (χ3v) is 5.89. The lowest BCUT2D eigenvalue weighted by atomic mass is 9.91. The summed E-state index contributed by atoms with van der Waals surface area (Å²) in [5, 5.41) is 12.0. The first-order chi connectivity index (χ1) is 14.4. The molecular formula is C22H24ClN3O4. The van der Waals surface area contributed by atoms with E-state index in [0.717, 1.165) is 18.6 Å². The van der Waals surface area contributed by atoms with Gasteiger partial charge in [-0.3, -0.25) is 14.2 Å². The molecule has 1 aliphatic carbocycles. The lowest BCUT2D eigenvalue weighted by Crippen LogP contribution is -2.50. The molecule has 2 aromatic rings. The summed E-state index contributed by atoms with van der Waals surface area (Å²) in [5.74, 6) is 0.734. The molecule has 1 aromatic heterocycles. The van der Waals surface area contributed by atoms with E-state index in [1.165, 1.54) is 10.9 Å². The molecule has 1 aliphatic heterocycles. The summed E-state index contributed by atoms with van der Waals surface area (Å²) in [7, 11) is 0. The number of aromatic nitrogens is 2. The van der Waals surface area contributed by atoms with E-state index in [4.69, 9.17) is 16.3 Å². The van der Waals surface area contributed by atoms with Gasteiger partial charge in [0.1, 0.15) is 0 Å². The van der Waals surface area contributed by atoms with Crippen LogP contribution in [0.15, 0.2) is 53.3 Å². The quantitative estimate of drug-likeness (QED) is 0.789. The summed E-state index contributed by atoms with van der Waals surface area (Å²) < 4.78 is 7.03. The highest BCUT2D eigenvalue weighted by atomic mass is 35.5. The molecule has 4 rings (SSSR count). The molecule has 1 saturated heterocycles. The summed E-state index contributed by atoms with van der Waals surface area (Å²) in [4.78, 5) is 31.2. The van der Waals surface area contributed by atoms with Crippen molar-refractivity contribution in [1.29, 1.82) is 0 Å². The fourth-order valence-electron chi connectivity index (χ4n) is 3.84. The van der Waals surface area contributed by atoms with Crippen LogP contribution >= 0.6 is 11.6 Å². The van der Waals surface area contributed by atoms with Crippen LogP contribution in [0.5, 0.6) is 0 Å². The highest BCUT2D eigenvalue weighted by Crippen LogP contribution is 2.24. The number of ether oxygens (including phenoxy) is 1. The van der Waals surface area contributed by atoms with Crippen LogP contribution in [0.2, 0.25) is 5.02 Å². The van der Waals surface area contributed by atoms with E-state index in [2.05, 4.69) is 11.1 Å². The zero-order valence-corrected chi connectivity index (χ0v) is 17.3. The molecular weight excluding hydrogens is 406 g/mol. The van der Waals surface area contributed by atoms with Crippen molar-refractivity contribution in [3.05, 3.63) is 63.9 Å². The van der Waals surface area contributed by atoms with Crippen molar-refractivity contribution in [2.75, 3.05) is 19.7 Å². The minimum atomic E-state index is -1.07. The van der Waals surface area contributed by atoms with E-state index in [1.54, 1.807) is 23.1 Å². The molecule has 158 valence electrons. The number of likely N-dealkylation sites (tertiary alicyclic amines) is 1. The van der Waals surface area contributed by atoms with Crippen molar-refractivity contribution in [3.8, 4) is 0 Å². The van der Waals surface area contributed by atoms with Gasteiger partial charge in [0.25, 0.3) is 11.5 Å². The maximum Gasteiger partial charge on any atom is 0.261 e. The number of halogens is 1. The molecule has 1 aromatic carbocycles. The number of amides is 1. The zero-order chi connectivity index (χ0) is 21.1. The second-order valence-electron chi connectivity index (χ2n) is 7.83. The molecule has 1 fully saturated rings. The Hall–Kier alpha value is -2.64. The minimum Gasteiger partial charge on any atom is -0.488 e. The van der Waals surface area contributed by atoms with Gasteiger partial charge in [0.05, 0.1) is 35.1 Å². The maximum atomic E-state index is 12.7. The number of hydrogen-bond acceptors (Lipinski definition) is 5. The van der Waals surface area contributed by atoms with Gasteiger partial charge < -0.3 is 14.7 Å². The SMILES string of the molecule is O=C(COC1=CC=CCC1)N1CCC(O)(Cn2cnc3cc(Cl)ccc3c2=O)CC1. The molecule has 0 unspecified atom stereocenters. The number of hydrogen-bond donors (Lipinski definition) is 1. The summed E-state index contributed by atoms with van der Waals surface area (Å²) in [6.45, 7) is 0.982. The molecule has 2 heterocycles. The van der Waals surface area contributed by atoms with Gasteiger partial charge in [-0.1, -0.05) is 23.8 Å². The Morgan fingerprint density at radius 3 is 2.83 bits per heavy atom. The van der Waals surface area contributed by atoms with E-state index in [0.29, 0.717) is 41.9 Å². The maximum absolute atomic E-state index is 12.7. The Morgan fingerprint density at radius 2 is 2.10 bits per heavy atom. The lowest BCUT2D eigenvalue weighted by Gasteiger charge is -2.38. The number of allylic oxidation sites excluding steroid dienone is 4. The molecule has 0 saturated carbocycles. The predicted octanol–water partition coefficient (Wildman–Crippen LogP) is 2.65. The summed E-state index contributed by atoms with van der Waals surface area (Å²) in [6, 6.07) is 4.94. The monoisotopic (exact) mass is 429 g/mol. The van der Waals surface area contributed by atoms with Gasteiger partial charge in [-0.15, -0.1) is 0 Å². The third kappa shape index (κ3) is 4.57. The molecule has 0 bridgehead atoms. The highest BCUT2D eigenvalue weighted by molar-refractivity contribution is 6.31. The number of nitrogens with zero attached hydrogens (tertiary/aromatic N) is 3. The van der Waals surface area contributed by atoms with Crippen LogP contribution in [0.3, 0.4) is 0 Å². The van der Waals surface area contributed by atoms with Gasteiger partial charge in [0.15, 0.2) is 6.61 Å². The van der Waals surface area contributed by atoms with E-state index in [1.807, 2.05) is 12.2 Å². The number of aliphatic hydroxyl groups is 1. The molecule has 8 heteroatoms. The summed E-state index contributed by atoms with van der Waals surface area (Å²) >= 11 is 5.96. The number of fused-ring (bicyclic) bond motifs is 1. The van der Waals surface area contributed by atoms with Gasteiger partial charge in [-0.05, 0) is 43.5 Å². The minimum absolute atomic E-state index is 0.00865. The average Bonchev–Trinajstić information content (AvgIpc) is 2.75. The van der Waals surface area contributed by atoms with E-state index < -0.39 is 5.60 Å². The fraction of sp³-hybridized carbons (Fsp3) is 0.409. The van der Waals surface area contributed by atoms with Gasteiger partial charge >= 0.3 is 0 Å². The zero-order valence-electron chi connectivity index (χ0n) is 16.6. The Morgan fingerprint density at radius 1 is 1.30 bits per heavy atom. The van der Waals surface area contributed by atoms with Crippen molar-refractivity contribution in [3.63, 3.8) is 0 Å². The van der Waals surface area contributed by atoms with Crippen LogP contribution in [0.1, 0.15) is 25.7 Å². The van der Waals surface area contributed by atoms with Crippen molar-refractivity contribution in [2.24, 2.45) is 0 Å². The Bertz CT molecular complexity index is 1070.